The molecule has 0 atom stereocenters. The summed E-state index contributed by atoms with van der Waals surface area (Å²) in [5, 5.41) is 18.4. The molecule has 10 nitrogen and oxygen atoms in total. The second-order valence-corrected chi connectivity index (χ2v) is 10.7. The van der Waals surface area contributed by atoms with Crippen LogP contribution in [0, 0.1) is 0 Å². The molecule has 0 aliphatic heterocycles. The number of hydrogen-bond donors (Lipinski definition) is 3. The number of carboxylic acid groups (broad SMARTS) is 1. The number of rotatable bonds is 10. The van der Waals surface area contributed by atoms with Crippen molar-refractivity contribution >= 4 is 38.7 Å². The fourth-order valence-corrected chi connectivity index (χ4v) is 4.51. The van der Waals surface area contributed by atoms with E-state index in [1.165, 1.54) is 4.90 Å². The Hall–Kier alpha value is -3.51. The number of ether oxygens (including phenoxy) is 1. The predicted octanol–water partition coefficient (Wildman–Crippen LogP) is 3.84. The number of carbonyl (C=O) groups is 1. The Morgan fingerprint density at radius 3 is 2.24 bits per heavy atom. The fraction of sp³-hybridized carbons (Fsp3) is 0.240. The number of fused-ring (bicyclic) bond motifs is 1. The molecule has 4 aromatic rings. The van der Waals surface area contributed by atoms with Crippen LogP contribution in [0.2, 0.25) is 5.02 Å². The number of nitrogens with zero attached hydrogens (tertiary/aromatic N) is 3. The number of imidazole rings is 1. The Morgan fingerprint density at radius 2 is 1.65 bits per heavy atom. The van der Waals surface area contributed by atoms with Gasteiger partial charge in [0, 0.05) is 24.9 Å². The van der Waals surface area contributed by atoms with Gasteiger partial charge in [0.1, 0.15) is 0 Å². The van der Waals surface area contributed by atoms with Crippen LogP contribution < -0.4 is 0 Å². The first kappa shape index (κ1) is 26.6. The van der Waals surface area contributed by atoms with Gasteiger partial charge < -0.3 is 24.8 Å². The van der Waals surface area contributed by atoms with Gasteiger partial charge in [0.2, 0.25) is 15.0 Å². The number of halogens is 1. The van der Waals surface area contributed by atoms with Crippen LogP contribution >= 0.6 is 11.6 Å². The quantitative estimate of drug-likeness (QED) is 0.255. The molecule has 0 unspecified atom stereocenters. The van der Waals surface area contributed by atoms with E-state index in [0.29, 0.717) is 16.2 Å². The first-order chi connectivity index (χ1) is 17.7. The van der Waals surface area contributed by atoms with E-state index in [-0.39, 0.29) is 43.7 Å². The molecule has 0 aliphatic carbocycles. The van der Waals surface area contributed by atoms with Crippen molar-refractivity contribution < 1.29 is 28.2 Å². The number of aliphatic hydroxyl groups excluding tert-OH is 1. The molecule has 4 rings (SSSR count). The summed E-state index contributed by atoms with van der Waals surface area (Å²) in [6.07, 6.45) is 0.0245. The lowest BCUT2D eigenvalue weighted by Crippen LogP contribution is -2.32. The molecule has 194 valence electrons. The van der Waals surface area contributed by atoms with Crippen molar-refractivity contribution in [2.24, 2.45) is 0 Å². The zero-order valence-corrected chi connectivity index (χ0v) is 21.5. The normalized spacial score (nSPS) is 11.6. The highest BCUT2D eigenvalue weighted by Crippen LogP contribution is 2.31. The average Bonchev–Trinajstić information content (AvgIpc) is 3.29. The van der Waals surface area contributed by atoms with Crippen molar-refractivity contribution in [1.29, 1.82) is 0 Å². The molecule has 2 aromatic carbocycles. The largest absolute Gasteiger partial charge is 0.465 e. The molecule has 0 saturated carbocycles. The van der Waals surface area contributed by atoms with E-state index < -0.39 is 15.9 Å². The molecule has 0 bridgehead atoms. The molecule has 2 heterocycles. The molecule has 0 radical (unpaired) electrons. The summed E-state index contributed by atoms with van der Waals surface area (Å²) in [5.41, 5.74) is 4.65. The van der Waals surface area contributed by atoms with Gasteiger partial charge in [0.05, 0.1) is 36.1 Å². The number of H-pyrrole nitrogens is 1. The summed E-state index contributed by atoms with van der Waals surface area (Å²) in [5.74, 6) is 0. The minimum Gasteiger partial charge on any atom is -0.465 e. The third-order valence-corrected chi connectivity index (χ3v) is 6.77. The Bertz CT molecular complexity index is 1500. The van der Waals surface area contributed by atoms with E-state index >= 15 is 0 Å². The number of benzene rings is 2. The zero-order chi connectivity index (χ0) is 26.6. The third-order valence-electron chi connectivity index (χ3n) is 5.59. The maximum absolute atomic E-state index is 11.8. The van der Waals surface area contributed by atoms with E-state index in [0.717, 1.165) is 28.5 Å². The van der Waals surface area contributed by atoms with Gasteiger partial charge in [-0.25, -0.2) is 18.2 Å². The van der Waals surface area contributed by atoms with Crippen LogP contribution in [0.1, 0.15) is 5.56 Å². The van der Waals surface area contributed by atoms with Crippen molar-refractivity contribution in [3.63, 3.8) is 0 Å². The number of sulfone groups is 1. The summed E-state index contributed by atoms with van der Waals surface area (Å²) in [7, 11) is -3.51. The first-order valence-electron chi connectivity index (χ1n) is 11.3. The molecule has 3 N–H and O–H groups in total. The van der Waals surface area contributed by atoms with E-state index in [4.69, 9.17) is 21.4 Å². The fourth-order valence-electron chi connectivity index (χ4n) is 3.70. The molecule has 0 aliphatic rings. The van der Waals surface area contributed by atoms with Gasteiger partial charge in [-0.3, -0.25) is 0 Å². The number of aromatic amines is 1. The smallest absolute Gasteiger partial charge is 0.407 e. The van der Waals surface area contributed by atoms with Gasteiger partial charge in [-0.15, -0.1) is 0 Å². The number of aromatic nitrogens is 3. The van der Waals surface area contributed by atoms with Crippen LogP contribution in [0.3, 0.4) is 0 Å². The van der Waals surface area contributed by atoms with Crippen molar-refractivity contribution in [1.82, 2.24) is 19.9 Å². The van der Waals surface area contributed by atoms with E-state index in [1.54, 1.807) is 6.07 Å². The number of pyridine rings is 1. The molecule has 0 spiro atoms. The number of hydrogen-bond acceptors (Lipinski definition) is 7. The standard InChI is InChI=1S/C25H25ClN4O6S/c1-37(34,35)24-27-21-14-20(26)22(28-23(21)29-24)19-8-6-18(7-9-19)17-4-2-16(3-5-17)15-30(25(32)33)10-12-36-13-11-31/h2-9,14,31H,10-13,15H2,1H3,(H,32,33)(H,27,28,29). The Morgan fingerprint density at radius 1 is 1.03 bits per heavy atom. The van der Waals surface area contributed by atoms with Crippen LogP contribution in [-0.2, 0) is 21.1 Å². The molecule has 0 saturated heterocycles. The maximum Gasteiger partial charge on any atom is 0.407 e. The summed E-state index contributed by atoms with van der Waals surface area (Å²) >= 11 is 6.42. The monoisotopic (exact) mass is 544 g/mol. The molecule has 12 heteroatoms. The van der Waals surface area contributed by atoms with Gasteiger partial charge in [-0.05, 0) is 22.8 Å². The highest BCUT2D eigenvalue weighted by Gasteiger charge is 2.17. The van der Waals surface area contributed by atoms with Crippen LogP contribution in [0.4, 0.5) is 4.79 Å². The van der Waals surface area contributed by atoms with Crippen molar-refractivity contribution in [2.75, 3.05) is 32.6 Å². The van der Waals surface area contributed by atoms with Gasteiger partial charge in [0.25, 0.3) is 0 Å². The van der Waals surface area contributed by atoms with E-state index in [9.17, 15) is 18.3 Å². The number of amides is 1. The number of aliphatic hydroxyl groups is 1. The lowest BCUT2D eigenvalue weighted by atomic mass is 10.0. The lowest BCUT2D eigenvalue weighted by Gasteiger charge is -2.19. The molecule has 0 fully saturated rings. The summed E-state index contributed by atoms with van der Waals surface area (Å²) in [6.45, 7) is 0.699. The second-order valence-electron chi connectivity index (χ2n) is 8.32. The highest BCUT2D eigenvalue weighted by atomic mass is 35.5. The Kier molecular flexibility index (Phi) is 8.08. The Balaban J connectivity index is 1.49. The van der Waals surface area contributed by atoms with E-state index in [2.05, 4.69) is 15.0 Å². The van der Waals surface area contributed by atoms with Gasteiger partial charge >= 0.3 is 6.09 Å². The van der Waals surface area contributed by atoms with Gasteiger partial charge in [0.15, 0.2) is 5.65 Å². The van der Waals surface area contributed by atoms with Gasteiger partial charge in [-0.2, -0.15) is 4.98 Å². The van der Waals surface area contributed by atoms with Crippen LogP contribution in [0.25, 0.3) is 33.5 Å². The Labute approximate surface area is 218 Å². The molecular weight excluding hydrogens is 520 g/mol. The van der Waals surface area contributed by atoms with E-state index in [1.807, 2.05) is 48.5 Å². The molecule has 2 aromatic heterocycles. The SMILES string of the molecule is CS(=O)(=O)c1nc2nc(-c3ccc(-c4ccc(CN(CCOCCO)C(=O)O)cc4)cc3)c(Cl)cc2[nH]1. The predicted molar refractivity (Wildman–Crippen MR) is 139 cm³/mol. The van der Waals surface area contributed by atoms with Crippen LogP contribution in [0.5, 0.6) is 0 Å². The highest BCUT2D eigenvalue weighted by molar-refractivity contribution is 7.90. The zero-order valence-electron chi connectivity index (χ0n) is 19.9. The van der Waals surface area contributed by atoms with Crippen molar-refractivity contribution in [3.8, 4) is 22.4 Å². The van der Waals surface area contributed by atoms with Crippen LogP contribution in [-0.4, -0.2) is 77.2 Å². The lowest BCUT2D eigenvalue weighted by molar-refractivity contribution is 0.0697. The third kappa shape index (κ3) is 6.44. The molecule has 37 heavy (non-hydrogen) atoms. The summed E-state index contributed by atoms with van der Waals surface area (Å²) in [6, 6.07) is 16.8. The van der Waals surface area contributed by atoms with Crippen LogP contribution in [0.15, 0.2) is 59.8 Å². The van der Waals surface area contributed by atoms with Crippen molar-refractivity contribution in [3.05, 3.63) is 65.2 Å². The summed E-state index contributed by atoms with van der Waals surface area (Å²) in [4.78, 5) is 24.0. The average molecular weight is 545 g/mol. The molecule has 1 amide bonds. The second kappa shape index (κ2) is 11.3. The summed E-state index contributed by atoms with van der Waals surface area (Å²) < 4.78 is 28.7. The number of nitrogens with one attached hydrogen (secondary N) is 1. The van der Waals surface area contributed by atoms with Crippen molar-refractivity contribution in [2.45, 2.75) is 11.7 Å². The minimum atomic E-state index is -3.51. The first-order valence-corrected chi connectivity index (χ1v) is 13.5. The maximum atomic E-state index is 11.8. The minimum absolute atomic E-state index is 0.107. The molecular formula is C25H25ClN4O6S. The van der Waals surface area contributed by atoms with Gasteiger partial charge in [-0.1, -0.05) is 60.1 Å². The topological polar surface area (TPSA) is 146 Å².